The summed E-state index contributed by atoms with van der Waals surface area (Å²) in [6.45, 7) is 11.8. The summed E-state index contributed by atoms with van der Waals surface area (Å²) < 4.78 is 0. The van der Waals surface area contributed by atoms with Crippen molar-refractivity contribution in [1.29, 1.82) is 0 Å². The Morgan fingerprint density at radius 3 is 2.41 bits per heavy atom. The molecule has 1 aromatic rings. The normalized spacial score (nSPS) is 17.8. The lowest BCUT2D eigenvalue weighted by atomic mass is 9.72. The molecule has 1 aromatic heterocycles. The largest absolute Gasteiger partial charge is 0.344 e. The molecule has 150 valence electrons. The number of carbonyl (C=O) groups excluding carboxylic acids is 3. The standard InChI is InChI=1S/C20H31N3O3S/c1-11(2)17(21-12(3)24)19(26)23-22-18(25)16-10-13-9-14(20(4,5)6)7-8-15(13)27-16/h10-11,14,17H,7-9H2,1-6H3,(H,21,24)(H,22,25)(H,23,26)/t14-,17+/m0/s1. The summed E-state index contributed by atoms with van der Waals surface area (Å²) in [6.07, 6.45) is 3.13. The number of aryl methyl sites for hydroxylation is 1. The van der Waals surface area contributed by atoms with Crippen molar-refractivity contribution in [2.45, 2.75) is 66.8 Å². The molecule has 3 N–H and O–H groups in total. The van der Waals surface area contributed by atoms with E-state index in [2.05, 4.69) is 36.9 Å². The van der Waals surface area contributed by atoms with E-state index in [1.807, 2.05) is 19.9 Å². The molecule has 1 aliphatic carbocycles. The van der Waals surface area contributed by atoms with Crippen LogP contribution in [0.3, 0.4) is 0 Å². The van der Waals surface area contributed by atoms with Crippen LogP contribution in [0.15, 0.2) is 6.07 Å². The minimum Gasteiger partial charge on any atom is -0.344 e. The molecule has 0 fully saturated rings. The SMILES string of the molecule is CC(=O)N[C@@H](C(=O)NNC(=O)c1cc2c(s1)CC[C@H](C(C)(C)C)C2)C(C)C. The number of rotatable bonds is 4. The van der Waals surface area contributed by atoms with Crippen LogP contribution in [0.25, 0.3) is 0 Å². The third kappa shape index (κ3) is 5.54. The third-order valence-corrected chi connectivity index (χ3v) is 6.37. The topological polar surface area (TPSA) is 87.3 Å². The second-order valence-electron chi connectivity index (χ2n) is 8.73. The fourth-order valence-corrected chi connectivity index (χ4v) is 4.49. The Labute approximate surface area is 165 Å². The molecule has 2 rings (SSSR count). The van der Waals surface area contributed by atoms with Gasteiger partial charge in [-0.2, -0.15) is 0 Å². The van der Waals surface area contributed by atoms with Gasteiger partial charge in [0.25, 0.3) is 11.8 Å². The van der Waals surface area contributed by atoms with Crippen molar-refractivity contribution in [2.75, 3.05) is 0 Å². The van der Waals surface area contributed by atoms with Gasteiger partial charge in [0.15, 0.2) is 0 Å². The van der Waals surface area contributed by atoms with Crippen molar-refractivity contribution < 1.29 is 14.4 Å². The Balaban J connectivity index is 1.98. The number of fused-ring (bicyclic) bond motifs is 1. The van der Waals surface area contributed by atoms with Crippen molar-refractivity contribution in [3.63, 3.8) is 0 Å². The highest BCUT2D eigenvalue weighted by molar-refractivity contribution is 7.14. The van der Waals surface area contributed by atoms with E-state index < -0.39 is 11.9 Å². The van der Waals surface area contributed by atoms with E-state index in [0.717, 1.165) is 19.3 Å². The molecule has 0 saturated carbocycles. The highest BCUT2D eigenvalue weighted by Crippen LogP contribution is 2.40. The number of carbonyl (C=O) groups is 3. The van der Waals surface area contributed by atoms with Crippen LogP contribution in [-0.4, -0.2) is 23.8 Å². The zero-order valence-corrected chi connectivity index (χ0v) is 17.9. The van der Waals surface area contributed by atoms with Gasteiger partial charge < -0.3 is 5.32 Å². The van der Waals surface area contributed by atoms with Gasteiger partial charge in [0.05, 0.1) is 4.88 Å². The molecule has 0 radical (unpaired) electrons. The summed E-state index contributed by atoms with van der Waals surface area (Å²) in [6, 6.07) is 1.26. The number of hydrogen-bond donors (Lipinski definition) is 3. The van der Waals surface area contributed by atoms with Gasteiger partial charge in [-0.3, -0.25) is 25.2 Å². The lowest BCUT2D eigenvalue weighted by Crippen LogP contribution is -2.53. The van der Waals surface area contributed by atoms with Crippen molar-refractivity contribution in [1.82, 2.24) is 16.2 Å². The number of hydrazine groups is 1. The van der Waals surface area contributed by atoms with E-state index >= 15 is 0 Å². The molecular formula is C20H31N3O3S. The Morgan fingerprint density at radius 2 is 1.85 bits per heavy atom. The van der Waals surface area contributed by atoms with Crippen LogP contribution in [0.4, 0.5) is 0 Å². The minimum atomic E-state index is -0.688. The van der Waals surface area contributed by atoms with Crippen molar-refractivity contribution in [3.8, 4) is 0 Å². The Hall–Kier alpha value is -1.89. The molecule has 0 spiro atoms. The molecule has 0 aliphatic heterocycles. The first-order chi connectivity index (χ1) is 12.5. The van der Waals surface area contributed by atoms with E-state index in [-0.39, 0.29) is 23.1 Å². The lowest BCUT2D eigenvalue weighted by molar-refractivity contribution is -0.129. The first kappa shape index (κ1) is 21.4. The molecule has 1 aliphatic rings. The van der Waals surface area contributed by atoms with E-state index in [9.17, 15) is 14.4 Å². The third-order valence-electron chi connectivity index (χ3n) is 5.14. The predicted molar refractivity (Wildman–Crippen MR) is 107 cm³/mol. The molecule has 0 unspecified atom stereocenters. The van der Waals surface area contributed by atoms with Crippen LogP contribution in [0.1, 0.15) is 68.1 Å². The van der Waals surface area contributed by atoms with Gasteiger partial charge in [-0.05, 0) is 48.1 Å². The summed E-state index contributed by atoms with van der Waals surface area (Å²) in [5, 5.41) is 2.60. The number of amides is 3. The second kappa shape index (κ2) is 8.42. The van der Waals surface area contributed by atoms with Crippen LogP contribution >= 0.6 is 11.3 Å². The molecular weight excluding hydrogens is 362 g/mol. The van der Waals surface area contributed by atoms with Crippen LogP contribution in [0, 0.1) is 17.3 Å². The first-order valence-electron chi connectivity index (χ1n) is 9.48. The quantitative estimate of drug-likeness (QED) is 0.688. The molecule has 0 bridgehead atoms. The zero-order chi connectivity index (χ0) is 20.4. The van der Waals surface area contributed by atoms with E-state index in [1.165, 1.54) is 28.7 Å². The van der Waals surface area contributed by atoms with Gasteiger partial charge in [0, 0.05) is 11.8 Å². The van der Waals surface area contributed by atoms with Gasteiger partial charge in [0.1, 0.15) is 6.04 Å². The molecule has 6 nitrogen and oxygen atoms in total. The van der Waals surface area contributed by atoms with Crippen LogP contribution in [-0.2, 0) is 22.4 Å². The smallest absolute Gasteiger partial charge is 0.279 e. The maximum atomic E-state index is 12.5. The minimum absolute atomic E-state index is 0.0887. The number of thiophene rings is 1. The van der Waals surface area contributed by atoms with Crippen molar-refractivity contribution in [2.24, 2.45) is 17.3 Å². The van der Waals surface area contributed by atoms with Crippen LogP contribution in [0.5, 0.6) is 0 Å². The fraction of sp³-hybridized carbons (Fsp3) is 0.650. The van der Waals surface area contributed by atoms with E-state index in [1.54, 1.807) is 0 Å². The monoisotopic (exact) mass is 393 g/mol. The zero-order valence-electron chi connectivity index (χ0n) is 17.1. The highest BCUT2D eigenvalue weighted by Gasteiger charge is 2.30. The lowest BCUT2D eigenvalue weighted by Gasteiger charge is -2.33. The summed E-state index contributed by atoms with van der Waals surface area (Å²) in [7, 11) is 0. The maximum Gasteiger partial charge on any atom is 0.279 e. The summed E-state index contributed by atoms with van der Waals surface area (Å²) in [5.41, 5.74) is 6.42. The summed E-state index contributed by atoms with van der Waals surface area (Å²) in [5.74, 6) is -0.508. The summed E-state index contributed by atoms with van der Waals surface area (Å²) in [4.78, 5) is 37.9. The first-order valence-corrected chi connectivity index (χ1v) is 10.3. The molecule has 0 aromatic carbocycles. The van der Waals surface area contributed by atoms with Crippen molar-refractivity contribution >= 4 is 29.1 Å². The van der Waals surface area contributed by atoms with Crippen molar-refractivity contribution in [3.05, 3.63) is 21.4 Å². The van der Waals surface area contributed by atoms with E-state index in [4.69, 9.17) is 0 Å². The van der Waals surface area contributed by atoms with Gasteiger partial charge in [0.2, 0.25) is 5.91 Å². The molecule has 2 atom stereocenters. The Bertz CT molecular complexity index is 719. The second-order valence-corrected chi connectivity index (χ2v) is 9.87. The Morgan fingerprint density at radius 1 is 1.19 bits per heavy atom. The molecule has 7 heteroatoms. The predicted octanol–water partition coefficient (Wildman–Crippen LogP) is 2.82. The molecule has 0 saturated heterocycles. The van der Waals surface area contributed by atoms with E-state index in [0.29, 0.717) is 10.8 Å². The highest BCUT2D eigenvalue weighted by atomic mass is 32.1. The number of nitrogens with one attached hydrogen (secondary N) is 3. The van der Waals surface area contributed by atoms with Gasteiger partial charge in [-0.1, -0.05) is 34.6 Å². The van der Waals surface area contributed by atoms with Gasteiger partial charge in [-0.15, -0.1) is 11.3 Å². The van der Waals surface area contributed by atoms with Gasteiger partial charge in [-0.25, -0.2) is 0 Å². The summed E-state index contributed by atoms with van der Waals surface area (Å²) >= 11 is 1.50. The average Bonchev–Trinajstić information content (AvgIpc) is 2.99. The Kier molecular flexibility index (Phi) is 6.68. The number of hydrogen-bond acceptors (Lipinski definition) is 4. The molecule has 3 amide bonds. The average molecular weight is 394 g/mol. The van der Waals surface area contributed by atoms with Crippen LogP contribution < -0.4 is 16.2 Å². The maximum absolute atomic E-state index is 12.5. The fourth-order valence-electron chi connectivity index (χ4n) is 3.39. The molecule has 27 heavy (non-hydrogen) atoms. The van der Waals surface area contributed by atoms with Gasteiger partial charge >= 0.3 is 0 Å². The molecule has 1 heterocycles. The van der Waals surface area contributed by atoms with Crippen LogP contribution in [0.2, 0.25) is 0 Å².